The van der Waals surface area contributed by atoms with Crippen LogP contribution in [0.4, 0.5) is 11.4 Å². The summed E-state index contributed by atoms with van der Waals surface area (Å²) in [4.78, 5) is 26.7. The first kappa shape index (κ1) is 15.0. The maximum atomic E-state index is 12.7. The lowest BCUT2D eigenvalue weighted by atomic mass is 9.90. The van der Waals surface area contributed by atoms with Crippen LogP contribution in [0.2, 0.25) is 0 Å². The van der Waals surface area contributed by atoms with Gasteiger partial charge in [-0.05, 0) is 38.0 Å². The molecule has 1 aromatic rings. The highest BCUT2D eigenvalue weighted by molar-refractivity contribution is 6.19. The number of hydrogen-bond acceptors (Lipinski definition) is 3. The fourth-order valence-corrected chi connectivity index (χ4v) is 2.31. The van der Waals surface area contributed by atoms with Crippen LogP contribution in [0.5, 0.6) is 0 Å². The molecule has 0 unspecified atom stereocenters. The Labute approximate surface area is 124 Å². The van der Waals surface area contributed by atoms with E-state index in [4.69, 9.17) is 5.26 Å². The Balaban J connectivity index is 2.61. The third kappa shape index (κ3) is 2.62. The lowest BCUT2D eigenvalue weighted by Gasteiger charge is -2.29. The first-order valence-electron chi connectivity index (χ1n) is 6.95. The SMILES string of the molecule is CC(C)CN1C(=O)C(C)(C)C(=O)Nc2cc(C#N)ccc21. The fourth-order valence-electron chi connectivity index (χ4n) is 2.31. The summed E-state index contributed by atoms with van der Waals surface area (Å²) in [5.74, 6) is -0.311. The van der Waals surface area contributed by atoms with Gasteiger partial charge in [0.1, 0.15) is 5.41 Å². The largest absolute Gasteiger partial charge is 0.323 e. The van der Waals surface area contributed by atoms with Crippen molar-refractivity contribution in [2.75, 3.05) is 16.8 Å². The second-order valence-corrected chi connectivity index (χ2v) is 6.23. The number of benzene rings is 1. The van der Waals surface area contributed by atoms with Gasteiger partial charge in [-0.2, -0.15) is 5.26 Å². The molecule has 0 aliphatic carbocycles. The molecule has 0 atom stereocenters. The lowest BCUT2D eigenvalue weighted by Crippen LogP contribution is -2.46. The summed E-state index contributed by atoms with van der Waals surface area (Å²) in [7, 11) is 0. The van der Waals surface area contributed by atoms with Crippen molar-refractivity contribution in [1.82, 2.24) is 0 Å². The van der Waals surface area contributed by atoms with Gasteiger partial charge in [-0.3, -0.25) is 9.59 Å². The number of carbonyl (C=O) groups excluding carboxylic acids is 2. The van der Waals surface area contributed by atoms with Gasteiger partial charge in [0, 0.05) is 6.54 Å². The summed E-state index contributed by atoms with van der Waals surface area (Å²) in [5.41, 5.74) is 0.469. The van der Waals surface area contributed by atoms with Gasteiger partial charge >= 0.3 is 0 Å². The van der Waals surface area contributed by atoms with Crippen molar-refractivity contribution in [1.29, 1.82) is 5.26 Å². The Morgan fingerprint density at radius 1 is 1.33 bits per heavy atom. The number of hydrogen-bond donors (Lipinski definition) is 1. The molecule has 5 nitrogen and oxygen atoms in total. The third-order valence-corrected chi connectivity index (χ3v) is 3.56. The van der Waals surface area contributed by atoms with Crippen LogP contribution in [0.3, 0.4) is 0 Å². The molecule has 1 aliphatic heterocycles. The van der Waals surface area contributed by atoms with Gasteiger partial charge in [-0.1, -0.05) is 13.8 Å². The zero-order valence-corrected chi connectivity index (χ0v) is 12.7. The Kier molecular flexibility index (Phi) is 3.73. The van der Waals surface area contributed by atoms with Gasteiger partial charge in [0.2, 0.25) is 11.8 Å². The van der Waals surface area contributed by atoms with Gasteiger partial charge in [-0.15, -0.1) is 0 Å². The van der Waals surface area contributed by atoms with E-state index in [1.54, 1.807) is 36.9 Å². The molecule has 5 heteroatoms. The fraction of sp³-hybridized carbons (Fsp3) is 0.438. The smallest absolute Gasteiger partial charge is 0.242 e. The molecule has 1 N–H and O–H groups in total. The third-order valence-electron chi connectivity index (χ3n) is 3.56. The molecule has 21 heavy (non-hydrogen) atoms. The topological polar surface area (TPSA) is 73.2 Å². The lowest BCUT2D eigenvalue weighted by molar-refractivity contribution is -0.136. The van der Waals surface area contributed by atoms with E-state index in [1.807, 2.05) is 19.9 Å². The first-order valence-corrected chi connectivity index (χ1v) is 6.95. The van der Waals surface area contributed by atoms with Crippen molar-refractivity contribution < 1.29 is 9.59 Å². The second-order valence-electron chi connectivity index (χ2n) is 6.23. The molecule has 0 fully saturated rings. The van der Waals surface area contributed by atoms with Crippen molar-refractivity contribution in [2.45, 2.75) is 27.7 Å². The van der Waals surface area contributed by atoms with Gasteiger partial charge in [0.15, 0.2) is 0 Å². The molecular weight excluding hydrogens is 266 g/mol. The maximum Gasteiger partial charge on any atom is 0.242 e. The van der Waals surface area contributed by atoms with Crippen molar-refractivity contribution in [3.63, 3.8) is 0 Å². The molecular formula is C16H19N3O2. The predicted octanol–water partition coefficient (Wildman–Crippen LogP) is 2.53. The highest BCUT2D eigenvalue weighted by Gasteiger charge is 2.43. The van der Waals surface area contributed by atoms with Gasteiger partial charge < -0.3 is 10.2 Å². The van der Waals surface area contributed by atoms with Crippen molar-refractivity contribution in [2.24, 2.45) is 11.3 Å². The molecule has 1 heterocycles. The van der Waals surface area contributed by atoms with Crippen molar-refractivity contribution >= 4 is 23.2 Å². The van der Waals surface area contributed by atoms with E-state index < -0.39 is 5.41 Å². The molecule has 2 rings (SSSR count). The number of carbonyl (C=O) groups is 2. The van der Waals surface area contributed by atoms with E-state index in [0.29, 0.717) is 23.5 Å². The minimum Gasteiger partial charge on any atom is -0.323 e. The average Bonchev–Trinajstić information content (AvgIpc) is 2.48. The van der Waals surface area contributed by atoms with Crippen LogP contribution in [0.1, 0.15) is 33.3 Å². The standard InChI is InChI=1S/C16H19N3O2/c1-10(2)9-19-13-6-5-11(8-17)7-12(13)18-14(20)16(3,4)15(19)21/h5-7,10H,9H2,1-4H3,(H,18,20). The summed E-state index contributed by atoms with van der Waals surface area (Å²) in [5, 5.41) is 11.8. The molecule has 110 valence electrons. The van der Waals surface area contributed by atoms with Crippen LogP contribution in [0.25, 0.3) is 0 Å². The number of rotatable bonds is 2. The van der Waals surface area contributed by atoms with Crippen LogP contribution in [-0.2, 0) is 9.59 Å². The number of anilines is 2. The molecule has 0 radical (unpaired) electrons. The Morgan fingerprint density at radius 3 is 2.57 bits per heavy atom. The minimum absolute atomic E-state index is 0.225. The van der Waals surface area contributed by atoms with Crippen LogP contribution in [0.15, 0.2) is 18.2 Å². The highest BCUT2D eigenvalue weighted by Crippen LogP contribution is 2.36. The monoisotopic (exact) mass is 285 g/mol. The molecule has 0 saturated heterocycles. The Hall–Kier alpha value is -2.35. The quantitative estimate of drug-likeness (QED) is 0.849. The normalized spacial score (nSPS) is 17.0. The van der Waals surface area contributed by atoms with E-state index in [0.717, 1.165) is 0 Å². The molecule has 0 bridgehead atoms. The zero-order valence-electron chi connectivity index (χ0n) is 12.7. The summed E-state index contributed by atoms with van der Waals surface area (Å²) in [6, 6.07) is 7.03. The molecule has 0 spiro atoms. The van der Waals surface area contributed by atoms with Gasteiger partial charge in [-0.25, -0.2) is 0 Å². The zero-order chi connectivity index (χ0) is 15.8. The average molecular weight is 285 g/mol. The van der Waals surface area contributed by atoms with E-state index in [9.17, 15) is 9.59 Å². The van der Waals surface area contributed by atoms with E-state index in [2.05, 4.69) is 5.32 Å². The number of nitrogens with zero attached hydrogens (tertiary/aromatic N) is 2. The maximum absolute atomic E-state index is 12.7. The van der Waals surface area contributed by atoms with E-state index in [1.165, 1.54) is 0 Å². The highest BCUT2D eigenvalue weighted by atomic mass is 16.2. The first-order chi connectivity index (χ1) is 9.77. The number of nitriles is 1. The summed E-state index contributed by atoms with van der Waals surface area (Å²) in [6.07, 6.45) is 0. The second kappa shape index (κ2) is 5.21. The van der Waals surface area contributed by atoms with Crippen molar-refractivity contribution in [3.8, 4) is 6.07 Å². The number of amides is 2. The minimum atomic E-state index is -1.14. The molecule has 0 saturated carbocycles. The summed E-state index contributed by atoms with van der Waals surface area (Å²) >= 11 is 0. The van der Waals surface area contributed by atoms with Gasteiger partial charge in [0.25, 0.3) is 0 Å². The molecule has 1 aromatic carbocycles. The van der Waals surface area contributed by atoms with E-state index >= 15 is 0 Å². The summed E-state index contributed by atoms with van der Waals surface area (Å²) < 4.78 is 0. The Bertz CT molecular complexity index is 641. The van der Waals surface area contributed by atoms with Crippen LogP contribution in [-0.4, -0.2) is 18.4 Å². The number of nitrogens with one attached hydrogen (secondary N) is 1. The molecule has 1 aliphatic rings. The van der Waals surface area contributed by atoms with Crippen molar-refractivity contribution in [3.05, 3.63) is 23.8 Å². The van der Waals surface area contributed by atoms with Crippen LogP contribution in [0, 0.1) is 22.7 Å². The summed E-state index contributed by atoms with van der Waals surface area (Å²) in [6.45, 7) is 7.80. The molecule has 2 amide bonds. The Morgan fingerprint density at radius 2 is 2.00 bits per heavy atom. The number of fused-ring (bicyclic) bond motifs is 1. The van der Waals surface area contributed by atoms with E-state index in [-0.39, 0.29) is 17.7 Å². The predicted molar refractivity (Wildman–Crippen MR) is 80.8 cm³/mol. The van der Waals surface area contributed by atoms with Crippen LogP contribution < -0.4 is 10.2 Å². The molecule has 0 aromatic heterocycles. The van der Waals surface area contributed by atoms with Gasteiger partial charge in [0.05, 0.1) is 23.0 Å². The van der Waals surface area contributed by atoms with Crippen LogP contribution >= 0.6 is 0 Å².